The molecule has 0 radical (unpaired) electrons. The molecule has 2 aromatic rings. The third-order valence-corrected chi connectivity index (χ3v) is 4.03. The first-order valence-electron chi connectivity index (χ1n) is 8.03. The molecule has 0 aliphatic rings. The van der Waals surface area contributed by atoms with E-state index in [-0.39, 0.29) is 0 Å². The van der Waals surface area contributed by atoms with E-state index in [4.69, 9.17) is 9.47 Å². The normalized spacial score (nSPS) is 12.3. The summed E-state index contributed by atoms with van der Waals surface area (Å²) in [5, 5.41) is 0.854. The van der Waals surface area contributed by atoms with Gasteiger partial charge in [0.05, 0.1) is 12.1 Å². The molecule has 0 aliphatic heterocycles. The molecule has 0 spiro atoms. The zero-order chi connectivity index (χ0) is 18.8. The zero-order valence-corrected chi connectivity index (χ0v) is 16.6. The van der Waals surface area contributed by atoms with Crippen LogP contribution in [-0.2, 0) is 14.3 Å². The van der Waals surface area contributed by atoms with Crippen molar-refractivity contribution in [3.05, 3.63) is 40.0 Å². The highest BCUT2D eigenvalue weighted by Crippen LogP contribution is 2.30. The minimum Gasteiger partial charge on any atom is -0.462 e. The summed E-state index contributed by atoms with van der Waals surface area (Å²) in [5.41, 5.74) is 1.58. The van der Waals surface area contributed by atoms with Gasteiger partial charge >= 0.3 is 12.1 Å². The van der Waals surface area contributed by atoms with Crippen molar-refractivity contribution < 1.29 is 19.1 Å². The number of carbonyl (C=O) groups excluding carboxylic acids is 2. The smallest absolute Gasteiger partial charge is 0.419 e. The molecule has 5 nitrogen and oxygen atoms in total. The van der Waals surface area contributed by atoms with Gasteiger partial charge in [0.1, 0.15) is 10.1 Å². The van der Waals surface area contributed by atoms with Crippen LogP contribution in [0.3, 0.4) is 0 Å². The Morgan fingerprint density at radius 3 is 2.48 bits per heavy atom. The quantitative estimate of drug-likeness (QED) is 0.528. The number of nitrogens with zero attached hydrogens (tertiary/aromatic N) is 1. The van der Waals surface area contributed by atoms with Crippen molar-refractivity contribution in [2.24, 2.45) is 0 Å². The number of hydrogen-bond acceptors (Lipinski definition) is 4. The maximum absolute atomic E-state index is 12.6. The van der Waals surface area contributed by atoms with E-state index in [0.29, 0.717) is 16.8 Å². The van der Waals surface area contributed by atoms with Crippen LogP contribution in [0.15, 0.2) is 28.7 Å². The molecule has 2 rings (SSSR count). The second kappa shape index (κ2) is 7.44. The van der Waals surface area contributed by atoms with Crippen LogP contribution in [0.4, 0.5) is 4.79 Å². The highest BCUT2D eigenvalue weighted by atomic mass is 79.9. The van der Waals surface area contributed by atoms with Crippen LogP contribution in [0.2, 0.25) is 0 Å². The number of carbonyl (C=O) groups is 2. The predicted molar refractivity (Wildman–Crippen MR) is 102 cm³/mol. The third kappa shape index (κ3) is 4.31. The van der Waals surface area contributed by atoms with Crippen molar-refractivity contribution in [2.75, 3.05) is 6.61 Å². The fourth-order valence-electron chi connectivity index (χ4n) is 2.50. The lowest BCUT2D eigenvalue weighted by Crippen LogP contribution is -2.27. The molecule has 0 bridgehead atoms. The lowest BCUT2D eigenvalue weighted by atomic mass is 10.1. The summed E-state index contributed by atoms with van der Waals surface area (Å²) in [6, 6.07) is 7.50. The summed E-state index contributed by atoms with van der Waals surface area (Å²) in [5.74, 6) is -0.448. The third-order valence-electron chi connectivity index (χ3n) is 3.48. The molecule has 0 atom stereocenters. The number of rotatable bonds is 3. The van der Waals surface area contributed by atoms with E-state index in [9.17, 15) is 9.59 Å². The average molecular weight is 408 g/mol. The molecule has 0 N–H and O–H groups in total. The van der Waals surface area contributed by atoms with Gasteiger partial charge < -0.3 is 9.47 Å². The number of fused-ring (bicyclic) bond motifs is 1. The van der Waals surface area contributed by atoms with E-state index >= 15 is 0 Å². The van der Waals surface area contributed by atoms with Crippen LogP contribution >= 0.6 is 15.9 Å². The Morgan fingerprint density at radius 2 is 1.88 bits per heavy atom. The number of ether oxygens (including phenoxy) is 2. The van der Waals surface area contributed by atoms with E-state index in [1.54, 1.807) is 13.0 Å². The van der Waals surface area contributed by atoms with Gasteiger partial charge in [-0.05, 0) is 62.7 Å². The Morgan fingerprint density at radius 1 is 1.24 bits per heavy atom. The molecule has 0 saturated carbocycles. The van der Waals surface area contributed by atoms with Gasteiger partial charge in [-0.3, -0.25) is 0 Å². The van der Waals surface area contributed by atoms with Crippen molar-refractivity contribution in [3.8, 4) is 0 Å². The van der Waals surface area contributed by atoms with Gasteiger partial charge in [0.15, 0.2) is 0 Å². The topological polar surface area (TPSA) is 57.5 Å². The summed E-state index contributed by atoms with van der Waals surface area (Å²) in [7, 11) is 0. The van der Waals surface area contributed by atoms with Gasteiger partial charge in [-0.25, -0.2) is 14.2 Å². The summed E-state index contributed by atoms with van der Waals surface area (Å²) in [6.07, 6.45) is 1.23. The van der Waals surface area contributed by atoms with Crippen LogP contribution in [0.25, 0.3) is 17.0 Å². The molecule has 1 aromatic heterocycles. The Labute approximate surface area is 155 Å². The average Bonchev–Trinajstić information content (AvgIpc) is 2.78. The molecule has 134 valence electrons. The molecule has 0 amide bonds. The molecule has 0 saturated heterocycles. The lowest BCUT2D eigenvalue weighted by molar-refractivity contribution is -0.137. The maximum Gasteiger partial charge on any atom is 0.419 e. The van der Waals surface area contributed by atoms with Crippen molar-refractivity contribution in [1.82, 2.24) is 4.57 Å². The van der Waals surface area contributed by atoms with Crippen molar-refractivity contribution >= 4 is 45.0 Å². The van der Waals surface area contributed by atoms with Gasteiger partial charge in [-0.15, -0.1) is 0 Å². The van der Waals surface area contributed by atoms with Gasteiger partial charge in [0.2, 0.25) is 0 Å². The Bertz CT molecular complexity index is 843. The molecule has 0 aliphatic carbocycles. The Balaban J connectivity index is 2.60. The number of para-hydroxylation sites is 1. The molecule has 6 heteroatoms. The number of esters is 1. The molecular weight excluding hydrogens is 386 g/mol. The highest BCUT2D eigenvalue weighted by molar-refractivity contribution is 9.12. The summed E-state index contributed by atoms with van der Waals surface area (Å²) in [6.45, 7) is 9.33. The van der Waals surface area contributed by atoms with Gasteiger partial charge in [-0.2, -0.15) is 0 Å². The minimum atomic E-state index is -0.601. The fraction of sp³-hybridized carbons (Fsp3) is 0.368. The zero-order valence-electron chi connectivity index (χ0n) is 15.1. The van der Waals surface area contributed by atoms with Gasteiger partial charge in [0, 0.05) is 16.6 Å². The first kappa shape index (κ1) is 19.2. The van der Waals surface area contributed by atoms with E-state index in [0.717, 1.165) is 16.5 Å². The highest BCUT2D eigenvalue weighted by Gasteiger charge is 2.23. The second-order valence-electron chi connectivity index (χ2n) is 6.54. The van der Waals surface area contributed by atoms with Crippen molar-refractivity contribution in [3.63, 3.8) is 0 Å². The van der Waals surface area contributed by atoms with E-state index in [2.05, 4.69) is 15.9 Å². The fourth-order valence-corrected chi connectivity index (χ4v) is 2.85. The van der Waals surface area contributed by atoms with E-state index in [1.165, 1.54) is 4.57 Å². The Kier molecular flexibility index (Phi) is 5.72. The number of benzene rings is 1. The number of hydrogen-bond donors (Lipinski definition) is 0. The van der Waals surface area contributed by atoms with Crippen LogP contribution in [0.1, 0.15) is 39.0 Å². The minimum absolute atomic E-state index is 0.292. The second-order valence-corrected chi connectivity index (χ2v) is 7.40. The van der Waals surface area contributed by atoms with Crippen LogP contribution < -0.4 is 0 Å². The van der Waals surface area contributed by atoms with Gasteiger partial charge in [0.25, 0.3) is 0 Å². The molecule has 1 heterocycles. The molecule has 25 heavy (non-hydrogen) atoms. The number of halogens is 1. The maximum atomic E-state index is 12.6. The van der Waals surface area contributed by atoms with Gasteiger partial charge in [-0.1, -0.05) is 18.2 Å². The summed E-state index contributed by atoms with van der Waals surface area (Å²) < 4.78 is 12.3. The number of aromatic nitrogens is 1. The SMILES string of the molecule is CCOC(=O)C(Br)=Cc1c(C)n(C(=O)OC(C)(C)C)c2ccccc12. The van der Waals surface area contributed by atoms with Crippen molar-refractivity contribution in [1.29, 1.82) is 0 Å². The van der Waals surface area contributed by atoms with Crippen LogP contribution in [0, 0.1) is 6.92 Å². The standard InChI is InChI=1S/C19H22BrNO4/c1-6-24-17(22)15(20)11-14-12(2)21(18(23)25-19(3,4)5)16-10-8-7-9-13(14)16/h7-11H,6H2,1-5H3. The molecule has 0 unspecified atom stereocenters. The van der Waals surface area contributed by atoms with E-state index < -0.39 is 17.7 Å². The van der Waals surface area contributed by atoms with Crippen LogP contribution in [0.5, 0.6) is 0 Å². The Hall–Kier alpha value is -2.08. The molecule has 1 aromatic carbocycles. The lowest BCUT2D eigenvalue weighted by Gasteiger charge is -2.20. The largest absolute Gasteiger partial charge is 0.462 e. The van der Waals surface area contributed by atoms with Crippen molar-refractivity contribution in [2.45, 2.75) is 40.2 Å². The van der Waals surface area contributed by atoms with E-state index in [1.807, 2.05) is 52.0 Å². The monoisotopic (exact) mass is 407 g/mol. The summed E-state index contributed by atoms with van der Waals surface area (Å²) >= 11 is 3.26. The first-order chi connectivity index (χ1) is 11.7. The first-order valence-corrected chi connectivity index (χ1v) is 8.82. The summed E-state index contributed by atoms with van der Waals surface area (Å²) in [4.78, 5) is 24.5. The molecule has 0 fully saturated rings. The molecular formula is C19H22BrNO4. The van der Waals surface area contributed by atoms with Crippen LogP contribution in [-0.4, -0.2) is 28.8 Å². The predicted octanol–water partition coefficient (Wildman–Crippen LogP) is 5.03.